The maximum atomic E-state index is 5.86. The molecule has 2 nitrogen and oxygen atoms in total. The average Bonchev–Trinajstić information content (AvgIpc) is 2.65. The zero-order chi connectivity index (χ0) is 13.1. The Kier molecular flexibility index (Phi) is 4.73. The molecule has 0 aliphatic carbocycles. The SMILES string of the molecule is CC(C)C(N)C#CCc1nc(C(C)(C)C)cs1. The maximum absolute atomic E-state index is 5.86. The van der Waals surface area contributed by atoms with Crippen LogP contribution in [-0.4, -0.2) is 11.0 Å². The van der Waals surface area contributed by atoms with E-state index in [0.717, 1.165) is 10.7 Å². The van der Waals surface area contributed by atoms with Crippen molar-refractivity contribution in [3.63, 3.8) is 0 Å². The molecule has 3 heteroatoms. The van der Waals surface area contributed by atoms with E-state index in [2.05, 4.69) is 56.8 Å². The topological polar surface area (TPSA) is 38.9 Å². The first kappa shape index (κ1) is 14.2. The zero-order valence-corrected chi connectivity index (χ0v) is 12.2. The molecule has 0 aromatic carbocycles. The van der Waals surface area contributed by atoms with Gasteiger partial charge in [0.05, 0.1) is 18.2 Å². The summed E-state index contributed by atoms with van der Waals surface area (Å²) < 4.78 is 0. The summed E-state index contributed by atoms with van der Waals surface area (Å²) in [6, 6.07) is -0.0305. The molecule has 0 saturated heterocycles. The summed E-state index contributed by atoms with van der Waals surface area (Å²) in [6.07, 6.45) is 0.709. The van der Waals surface area contributed by atoms with E-state index in [9.17, 15) is 0 Å². The first-order valence-electron chi connectivity index (χ1n) is 5.99. The Morgan fingerprint density at radius 2 is 2.06 bits per heavy atom. The molecule has 0 aliphatic rings. The molecule has 0 aliphatic heterocycles. The van der Waals surface area contributed by atoms with Crippen molar-refractivity contribution in [2.75, 3.05) is 0 Å². The highest BCUT2D eigenvalue weighted by Crippen LogP contribution is 2.23. The fourth-order valence-electron chi connectivity index (χ4n) is 1.15. The fourth-order valence-corrected chi connectivity index (χ4v) is 2.11. The van der Waals surface area contributed by atoms with Crippen LogP contribution in [0.5, 0.6) is 0 Å². The third kappa shape index (κ3) is 4.49. The van der Waals surface area contributed by atoms with Gasteiger partial charge in [0.1, 0.15) is 5.01 Å². The van der Waals surface area contributed by atoms with Gasteiger partial charge in [-0.25, -0.2) is 4.98 Å². The average molecular weight is 250 g/mol. The number of thiazole rings is 1. The molecule has 94 valence electrons. The Morgan fingerprint density at radius 1 is 1.41 bits per heavy atom. The van der Waals surface area contributed by atoms with E-state index in [1.165, 1.54) is 0 Å². The summed E-state index contributed by atoms with van der Waals surface area (Å²) in [5.41, 5.74) is 7.13. The highest BCUT2D eigenvalue weighted by molar-refractivity contribution is 7.09. The van der Waals surface area contributed by atoms with Gasteiger partial charge in [-0.3, -0.25) is 0 Å². The van der Waals surface area contributed by atoms with Crippen LogP contribution in [0.3, 0.4) is 0 Å². The number of nitrogens with zero attached hydrogens (tertiary/aromatic N) is 1. The van der Waals surface area contributed by atoms with Crippen LogP contribution in [0.2, 0.25) is 0 Å². The largest absolute Gasteiger partial charge is 0.317 e. The molecule has 1 rings (SSSR count). The van der Waals surface area contributed by atoms with Gasteiger partial charge in [-0.05, 0) is 5.92 Å². The summed E-state index contributed by atoms with van der Waals surface area (Å²) in [5, 5.41) is 3.21. The van der Waals surface area contributed by atoms with Crippen LogP contribution < -0.4 is 5.73 Å². The molecule has 0 amide bonds. The molecule has 0 spiro atoms. The molecule has 1 atom stereocenters. The fraction of sp³-hybridized carbons (Fsp3) is 0.643. The summed E-state index contributed by atoms with van der Waals surface area (Å²) in [7, 11) is 0. The van der Waals surface area contributed by atoms with E-state index in [4.69, 9.17) is 5.73 Å². The van der Waals surface area contributed by atoms with Crippen LogP contribution in [0.15, 0.2) is 5.38 Å². The molecule has 0 bridgehead atoms. The number of nitrogens with two attached hydrogens (primary N) is 1. The Balaban J connectivity index is 2.62. The minimum Gasteiger partial charge on any atom is -0.317 e. The molecule has 0 saturated carbocycles. The van der Waals surface area contributed by atoms with Crippen molar-refractivity contribution in [2.45, 2.75) is 52.5 Å². The number of rotatable bonds is 2. The van der Waals surface area contributed by atoms with E-state index >= 15 is 0 Å². The minimum atomic E-state index is -0.0305. The zero-order valence-electron chi connectivity index (χ0n) is 11.4. The third-order valence-electron chi connectivity index (χ3n) is 2.55. The second-order valence-corrected chi connectivity index (χ2v) is 6.59. The second-order valence-electron chi connectivity index (χ2n) is 5.64. The van der Waals surface area contributed by atoms with Crippen LogP contribution in [0.4, 0.5) is 0 Å². The number of hydrogen-bond acceptors (Lipinski definition) is 3. The minimum absolute atomic E-state index is 0.0305. The van der Waals surface area contributed by atoms with Crippen LogP contribution in [0.25, 0.3) is 0 Å². The predicted octanol–water partition coefficient (Wildman–Crippen LogP) is 2.97. The van der Waals surface area contributed by atoms with Gasteiger partial charge in [-0.1, -0.05) is 46.5 Å². The summed E-state index contributed by atoms with van der Waals surface area (Å²) in [5.74, 6) is 6.60. The van der Waals surface area contributed by atoms with Crippen molar-refractivity contribution in [1.82, 2.24) is 4.98 Å². The molecule has 1 aromatic rings. The highest BCUT2D eigenvalue weighted by Gasteiger charge is 2.16. The highest BCUT2D eigenvalue weighted by atomic mass is 32.1. The maximum Gasteiger partial charge on any atom is 0.105 e. The lowest BCUT2D eigenvalue weighted by Crippen LogP contribution is -2.23. The van der Waals surface area contributed by atoms with Crippen molar-refractivity contribution >= 4 is 11.3 Å². The van der Waals surface area contributed by atoms with E-state index < -0.39 is 0 Å². The van der Waals surface area contributed by atoms with Crippen molar-refractivity contribution in [3.8, 4) is 11.8 Å². The van der Waals surface area contributed by atoms with E-state index in [1.807, 2.05) is 0 Å². The third-order valence-corrected chi connectivity index (χ3v) is 3.40. The van der Waals surface area contributed by atoms with Crippen molar-refractivity contribution < 1.29 is 0 Å². The van der Waals surface area contributed by atoms with Crippen LogP contribution >= 0.6 is 11.3 Å². The molecular weight excluding hydrogens is 228 g/mol. The monoisotopic (exact) mass is 250 g/mol. The van der Waals surface area contributed by atoms with Crippen molar-refractivity contribution in [1.29, 1.82) is 0 Å². The molecular formula is C14H22N2S. The van der Waals surface area contributed by atoms with Gasteiger partial charge < -0.3 is 5.73 Å². The lowest BCUT2D eigenvalue weighted by atomic mass is 9.93. The van der Waals surface area contributed by atoms with Crippen LogP contribution in [-0.2, 0) is 11.8 Å². The standard InChI is InChI=1S/C14H22N2S/c1-10(2)11(15)7-6-8-13-16-12(9-17-13)14(3,4)5/h9-11H,8,15H2,1-5H3. The van der Waals surface area contributed by atoms with Gasteiger partial charge in [0.2, 0.25) is 0 Å². The normalized spacial score (nSPS) is 13.4. The summed E-state index contributed by atoms with van der Waals surface area (Å²) >= 11 is 1.68. The first-order chi connectivity index (χ1) is 7.80. The van der Waals surface area contributed by atoms with Crippen LogP contribution in [0, 0.1) is 17.8 Å². The van der Waals surface area contributed by atoms with E-state index in [0.29, 0.717) is 12.3 Å². The predicted molar refractivity (Wildman–Crippen MR) is 75.1 cm³/mol. The quantitative estimate of drug-likeness (QED) is 0.820. The molecule has 1 aromatic heterocycles. The number of hydrogen-bond donors (Lipinski definition) is 1. The van der Waals surface area contributed by atoms with Crippen LogP contribution in [0.1, 0.15) is 45.3 Å². The second kappa shape index (κ2) is 5.66. The number of aromatic nitrogens is 1. The van der Waals surface area contributed by atoms with Gasteiger partial charge >= 0.3 is 0 Å². The molecule has 1 unspecified atom stereocenters. The Labute approximate surface area is 109 Å². The first-order valence-corrected chi connectivity index (χ1v) is 6.87. The van der Waals surface area contributed by atoms with E-state index in [1.54, 1.807) is 11.3 Å². The van der Waals surface area contributed by atoms with Gasteiger partial charge in [0.15, 0.2) is 0 Å². The Hall–Kier alpha value is -0.850. The molecule has 2 N–H and O–H groups in total. The van der Waals surface area contributed by atoms with E-state index in [-0.39, 0.29) is 11.5 Å². The Bertz CT molecular complexity index is 415. The molecule has 17 heavy (non-hydrogen) atoms. The summed E-state index contributed by atoms with van der Waals surface area (Å²) in [6.45, 7) is 10.7. The summed E-state index contributed by atoms with van der Waals surface area (Å²) in [4.78, 5) is 4.60. The molecule has 0 fully saturated rings. The van der Waals surface area contributed by atoms with Crippen molar-refractivity contribution in [3.05, 3.63) is 16.1 Å². The van der Waals surface area contributed by atoms with Gasteiger partial charge in [0.25, 0.3) is 0 Å². The van der Waals surface area contributed by atoms with Gasteiger partial charge in [-0.2, -0.15) is 0 Å². The Morgan fingerprint density at radius 3 is 2.53 bits per heavy atom. The molecule has 0 radical (unpaired) electrons. The van der Waals surface area contributed by atoms with Gasteiger partial charge in [-0.15, -0.1) is 11.3 Å². The van der Waals surface area contributed by atoms with Crippen molar-refractivity contribution in [2.24, 2.45) is 11.7 Å². The van der Waals surface area contributed by atoms with Gasteiger partial charge in [0, 0.05) is 10.8 Å². The molecule has 1 heterocycles. The smallest absolute Gasteiger partial charge is 0.105 e. The lowest BCUT2D eigenvalue weighted by molar-refractivity contribution is 0.571. The lowest BCUT2D eigenvalue weighted by Gasteiger charge is -2.14.